The van der Waals surface area contributed by atoms with Gasteiger partial charge in [-0.25, -0.2) is 0 Å². The van der Waals surface area contributed by atoms with Crippen LogP contribution in [0.2, 0.25) is 0 Å². The molecule has 0 aliphatic carbocycles. The Kier molecular flexibility index (Phi) is 5.25. The molecule has 0 aromatic heterocycles. The monoisotopic (exact) mass is 227 g/mol. The van der Waals surface area contributed by atoms with Crippen LogP contribution >= 0.6 is 0 Å². The lowest BCUT2D eigenvalue weighted by atomic mass is 10.0. The van der Waals surface area contributed by atoms with Crippen molar-refractivity contribution in [2.45, 2.75) is 38.6 Å². The van der Waals surface area contributed by atoms with Crippen molar-refractivity contribution in [1.82, 2.24) is 10.2 Å². The van der Waals surface area contributed by atoms with Gasteiger partial charge < -0.3 is 11.1 Å². The molecule has 1 rings (SSSR count). The molecule has 1 heterocycles. The van der Waals surface area contributed by atoms with Gasteiger partial charge in [-0.05, 0) is 19.3 Å². The molecule has 0 bridgehead atoms. The molecule has 1 aliphatic heterocycles. The number of primary amides is 1. The van der Waals surface area contributed by atoms with Crippen molar-refractivity contribution in [1.29, 1.82) is 0 Å². The van der Waals surface area contributed by atoms with Gasteiger partial charge in [-0.3, -0.25) is 14.5 Å². The Morgan fingerprint density at radius 3 is 2.50 bits per heavy atom. The van der Waals surface area contributed by atoms with Crippen molar-refractivity contribution in [3.05, 3.63) is 0 Å². The summed E-state index contributed by atoms with van der Waals surface area (Å²) in [6, 6.07) is 0.267. The van der Waals surface area contributed by atoms with Crippen molar-refractivity contribution in [2.24, 2.45) is 5.73 Å². The molecule has 3 N–H and O–H groups in total. The number of piperidine rings is 1. The van der Waals surface area contributed by atoms with E-state index in [-0.39, 0.29) is 17.9 Å². The number of hydrogen-bond donors (Lipinski definition) is 2. The molecule has 0 aromatic rings. The smallest absolute Gasteiger partial charge is 0.231 e. The number of likely N-dealkylation sites (tertiary alicyclic amines) is 1. The maximum absolute atomic E-state index is 11.4. The zero-order valence-corrected chi connectivity index (χ0v) is 9.87. The van der Waals surface area contributed by atoms with Gasteiger partial charge in [-0.15, -0.1) is 0 Å². The molecular weight excluding hydrogens is 206 g/mol. The van der Waals surface area contributed by atoms with Crippen LogP contribution in [0.1, 0.15) is 32.6 Å². The largest absolute Gasteiger partial charge is 0.369 e. The van der Waals surface area contributed by atoms with Crippen molar-refractivity contribution < 1.29 is 9.59 Å². The minimum absolute atomic E-state index is 0.135. The second-order valence-electron chi connectivity index (χ2n) is 4.33. The van der Waals surface area contributed by atoms with Gasteiger partial charge >= 0.3 is 0 Å². The van der Waals surface area contributed by atoms with Crippen LogP contribution in [-0.4, -0.2) is 42.4 Å². The standard InChI is InChI=1S/C11H21N3O2/c1-2-3-11(16)13-9-4-6-14(7-5-9)8-10(12)15/h9H,2-8H2,1H3,(H2,12,15)(H,13,16). The fraction of sp³-hybridized carbons (Fsp3) is 0.818. The van der Waals surface area contributed by atoms with Gasteiger partial charge in [0, 0.05) is 25.6 Å². The van der Waals surface area contributed by atoms with Crippen molar-refractivity contribution in [3.63, 3.8) is 0 Å². The number of carbonyl (C=O) groups excluding carboxylic acids is 2. The van der Waals surface area contributed by atoms with E-state index in [2.05, 4.69) is 5.32 Å². The molecule has 1 saturated heterocycles. The van der Waals surface area contributed by atoms with E-state index < -0.39 is 0 Å². The molecule has 0 unspecified atom stereocenters. The van der Waals surface area contributed by atoms with Gasteiger partial charge in [-0.1, -0.05) is 6.92 Å². The van der Waals surface area contributed by atoms with Crippen molar-refractivity contribution in [3.8, 4) is 0 Å². The zero-order chi connectivity index (χ0) is 12.0. The number of carbonyl (C=O) groups is 2. The molecule has 1 aliphatic rings. The Labute approximate surface area is 96.4 Å². The maximum Gasteiger partial charge on any atom is 0.231 e. The van der Waals surface area contributed by atoms with E-state index in [1.165, 1.54) is 0 Å². The number of hydrogen-bond acceptors (Lipinski definition) is 3. The molecule has 16 heavy (non-hydrogen) atoms. The summed E-state index contributed by atoms with van der Waals surface area (Å²) in [5, 5.41) is 3.01. The molecule has 0 saturated carbocycles. The number of rotatable bonds is 5. The summed E-state index contributed by atoms with van der Waals surface area (Å²) in [5.74, 6) is -0.149. The first-order chi connectivity index (χ1) is 7.61. The van der Waals surface area contributed by atoms with Crippen molar-refractivity contribution >= 4 is 11.8 Å². The van der Waals surface area contributed by atoms with Gasteiger partial charge in [0.25, 0.3) is 0 Å². The quantitative estimate of drug-likeness (QED) is 0.686. The first-order valence-electron chi connectivity index (χ1n) is 5.91. The van der Waals surface area contributed by atoms with Crippen LogP contribution in [0.15, 0.2) is 0 Å². The summed E-state index contributed by atoms with van der Waals surface area (Å²) >= 11 is 0. The lowest BCUT2D eigenvalue weighted by molar-refractivity contribution is -0.123. The Bertz CT molecular complexity index is 248. The zero-order valence-electron chi connectivity index (χ0n) is 9.87. The highest BCUT2D eigenvalue weighted by Crippen LogP contribution is 2.09. The topological polar surface area (TPSA) is 75.4 Å². The predicted octanol–water partition coefficient (Wildman–Crippen LogP) is -0.148. The normalized spacial score (nSPS) is 18.3. The van der Waals surface area contributed by atoms with Crippen LogP contribution in [0, 0.1) is 0 Å². The van der Waals surface area contributed by atoms with Crippen LogP contribution in [0.5, 0.6) is 0 Å². The van der Waals surface area contributed by atoms with Gasteiger partial charge in [0.2, 0.25) is 11.8 Å². The van der Waals surface area contributed by atoms with Crippen LogP contribution in [0.4, 0.5) is 0 Å². The molecule has 5 nitrogen and oxygen atoms in total. The lowest BCUT2D eigenvalue weighted by Gasteiger charge is -2.31. The molecule has 2 amide bonds. The van der Waals surface area contributed by atoms with E-state index in [9.17, 15) is 9.59 Å². The van der Waals surface area contributed by atoms with Gasteiger partial charge in [-0.2, -0.15) is 0 Å². The van der Waals surface area contributed by atoms with Crippen LogP contribution in [0.3, 0.4) is 0 Å². The van der Waals surface area contributed by atoms with Gasteiger partial charge in [0.15, 0.2) is 0 Å². The summed E-state index contributed by atoms with van der Waals surface area (Å²) in [4.78, 5) is 24.1. The Morgan fingerprint density at radius 2 is 2.00 bits per heavy atom. The first kappa shape index (κ1) is 13.0. The van der Waals surface area contributed by atoms with Crippen LogP contribution < -0.4 is 11.1 Å². The summed E-state index contributed by atoms with van der Waals surface area (Å²) in [6.45, 7) is 3.99. The number of amides is 2. The molecule has 0 radical (unpaired) electrons. The highest BCUT2D eigenvalue weighted by atomic mass is 16.2. The Morgan fingerprint density at radius 1 is 1.38 bits per heavy atom. The fourth-order valence-electron chi connectivity index (χ4n) is 1.98. The van der Waals surface area contributed by atoms with E-state index in [1.807, 2.05) is 11.8 Å². The van der Waals surface area contributed by atoms with E-state index in [0.717, 1.165) is 32.4 Å². The summed E-state index contributed by atoms with van der Waals surface area (Å²) in [5.41, 5.74) is 5.13. The second kappa shape index (κ2) is 6.48. The predicted molar refractivity (Wildman–Crippen MR) is 61.7 cm³/mol. The van der Waals surface area contributed by atoms with E-state index in [1.54, 1.807) is 0 Å². The molecule has 0 spiro atoms. The van der Waals surface area contributed by atoms with E-state index in [4.69, 9.17) is 5.73 Å². The average Bonchev–Trinajstić information content (AvgIpc) is 2.20. The average molecular weight is 227 g/mol. The summed E-state index contributed by atoms with van der Waals surface area (Å²) < 4.78 is 0. The van der Waals surface area contributed by atoms with Crippen LogP contribution in [0.25, 0.3) is 0 Å². The third-order valence-corrected chi connectivity index (χ3v) is 2.81. The molecule has 1 fully saturated rings. The molecule has 0 atom stereocenters. The summed E-state index contributed by atoms with van der Waals surface area (Å²) in [6.07, 6.45) is 3.29. The van der Waals surface area contributed by atoms with Gasteiger partial charge in [0.1, 0.15) is 0 Å². The molecule has 92 valence electrons. The minimum atomic E-state index is -0.284. The SMILES string of the molecule is CCCC(=O)NC1CCN(CC(N)=O)CC1. The number of nitrogens with zero attached hydrogens (tertiary/aromatic N) is 1. The Balaban J connectivity index is 2.21. The highest BCUT2D eigenvalue weighted by molar-refractivity contribution is 5.76. The van der Waals surface area contributed by atoms with E-state index in [0.29, 0.717) is 13.0 Å². The minimum Gasteiger partial charge on any atom is -0.369 e. The highest BCUT2D eigenvalue weighted by Gasteiger charge is 2.20. The second-order valence-corrected chi connectivity index (χ2v) is 4.33. The lowest BCUT2D eigenvalue weighted by Crippen LogP contribution is -2.46. The molecular formula is C11H21N3O2. The maximum atomic E-state index is 11.4. The Hall–Kier alpha value is -1.10. The van der Waals surface area contributed by atoms with Crippen molar-refractivity contribution in [2.75, 3.05) is 19.6 Å². The van der Waals surface area contributed by atoms with Crippen LogP contribution in [-0.2, 0) is 9.59 Å². The number of nitrogens with one attached hydrogen (secondary N) is 1. The molecule has 0 aromatic carbocycles. The van der Waals surface area contributed by atoms with E-state index >= 15 is 0 Å². The molecule has 5 heteroatoms. The number of nitrogens with two attached hydrogens (primary N) is 1. The third-order valence-electron chi connectivity index (χ3n) is 2.81. The third kappa shape index (κ3) is 4.61. The van der Waals surface area contributed by atoms with Gasteiger partial charge in [0.05, 0.1) is 6.54 Å². The fourth-order valence-corrected chi connectivity index (χ4v) is 1.98. The first-order valence-corrected chi connectivity index (χ1v) is 5.91. The summed E-state index contributed by atoms with van der Waals surface area (Å²) in [7, 11) is 0.